The number of benzene rings is 4. The first-order chi connectivity index (χ1) is 16.2. The highest BCUT2D eigenvalue weighted by molar-refractivity contribution is 5.64. The Balaban J connectivity index is 1.24. The maximum atomic E-state index is 10.2. The van der Waals surface area contributed by atoms with Crippen LogP contribution in [0.25, 0.3) is 22.3 Å². The lowest BCUT2D eigenvalue weighted by Gasteiger charge is -2.11. The SMILES string of the molecule is O/C(=C\C(O)COc1ccc(-c2ccccc2)cc1)COc1ccc(-c2ccccc2)cc1. The molecule has 0 saturated heterocycles. The quantitative estimate of drug-likeness (QED) is 0.302. The molecule has 166 valence electrons. The van der Waals surface area contributed by atoms with Gasteiger partial charge in [0.05, 0.1) is 0 Å². The Morgan fingerprint density at radius 2 is 1.03 bits per heavy atom. The summed E-state index contributed by atoms with van der Waals surface area (Å²) in [6.45, 7) is -0.00592. The van der Waals surface area contributed by atoms with Crippen LogP contribution in [0.4, 0.5) is 0 Å². The van der Waals surface area contributed by atoms with Gasteiger partial charge in [-0.1, -0.05) is 84.9 Å². The molecule has 1 atom stereocenters. The molecule has 0 bridgehead atoms. The fourth-order valence-electron chi connectivity index (χ4n) is 3.41. The van der Waals surface area contributed by atoms with E-state index < -0.39 is 6.10 Å². The van der Waals surface area contributed by atoms with E-state index in [1.807, 2.05) is 109 Å². The summed E-state index contributed by atoms with van der Waals surface area (Å²) in [6, 6.07) is 35.5. The Morgan fingerprint density at radius 3 is 1.52 bits per heavy atom. The molecule has 1 unspecified atom stereocenters. The van der Waals surface area contributed by atoms with Crippen molar-refractivity contribution in [1.82, 2.24) is 0 Å². The van der Waals surface area contributed by atoms with Crippen LogP contribution in [0.5, 0.6) is 11.5 Å². The summed E-state index contributed by atoms with van der Waals surface area (Å²) >= 11 is 0. The minimum atomic E-state index is -0.956. The van der Waals surface area contributed by atoms with Gasteiger partial charge in [0.2, 0.25) is 0 Å². The first kappa shape index (κ1) is 22.2. The molecular formula is C29H26O4. The number of hydrogen-bond donors (Lipinski definition) is 2. The molecule has 0 spiro atoms. The zero-order valence-corrected chi connectivity index (χ0v) is 18.2. The molecule has 0 aromatic heterocycles. The van der Waals surface area contributed by atoms with Crippen LogP contribution in [0.3, 0.4) is 0 Å². The summed E-state index contributed by atoms with van der Waals surface area (Å²) in [5, 5.41) is 20.2. The summed E-state index contributed by atoms with van der Waals surface area (Å²) in [6.07, 6.45) is 0.374. The van der Waals surface area contributed by atoms with Gasteiger partial charge in [-0.3, -0.25) is 0 Å². The molecule has 4 aromatic rings. The van der Waals surface area contributed by atoms with E-state index in [1.165, 1.54) is 6.08 Å². The number of aliphatic hydroxyl groups is 2. The Labute approximate surface area is 194 Å². The van der Waals surface area contributed by atoms with Crippen molar-refractivity contribution < 1.29 is 19.7 Å². The molecule has 4 rings (SSSR count). The molecule has 0 amide bonds. The third-order valence-electron chi connectivity index (χ3n) is 5.12. The highest BCUT2D eigenvalue weighted by Crippen LogP contribution is 2.23. The van der Waals surface area contributed by atoms with Crippen LogP contribution < -0.4 is 9.47 Å². The van der Waals surface area contributed by atoms with E-state index in [9.17, 15) is 10.2 Å². The van der Waals surface area contributed by atoms with Gasteiger partial charge in [0.15, 0.2) is 0 Å². The highest BCUT2D eigenvalue weighted by Gasteiger charge is 2.06. The Hall–Kier alpha value is -4.02. The molecule has 2 N–H and O–H groups in total. The smallest absolute Gasteiger partial charge is 0.145 e. The molecular weight excluding hydrogens is 412 g/mol. The van der Waals surface area contributed by atoms with Gasteiger partial charge in [-0.05, 0) is 52.6 Å². The van der Waals surface area contributed by atoms with Gasteiger partial charge >= 0.3 is 0 Å². The van der Waals surface area contributed by atoms with E-state index in [-0.39, 0.29) is 19.0 Å². The predicted molar refractivity (Wildman–Crippen MR) is 131 cm³/mol. The molecule has 0 aliphatic rings. The van der Waals surface area contributed by atoms with Gasteiger partial charge < -0.3 is 19.7 Å². The van der Waals surface area contributed by atoms with Crippen LogP contribution in [0.2, 0.25) is 0 Å². The zero-order valence-electron chi connectivity index (χ0n) is 18.2. The molecule has 4 heteroatoms. The van der Waals surface area contributed by atoms with Crippen molar-refractivity contribution >= 4 is 0 Å². The van der Waals surface area contributed by atoms with Gasteiger partial charge in [-0.2, -0.15) is 0 Å². The number of hydrogen-bond acceptors (Lipinski definition) is 4. The van der Waals surface area contributed by atoms with Crippen molar-refractivity contribution in [3.8, 4) is 33.8 Å². The maximum Gasteiger partial charge on any atom is 0.145 e. The third-order valence-corrected chi connectivity index (χ3v) is 5.12. The van der Waals surface area contributed by atoms with Crippen molar-refractivity contribution in [3.05, 3.63) is 121 Å². The fourth-order valence-corrected chi connectivity index (χ4v) is 3.41. The molecule has 4 aromatic carbocycles. The summed E-state index contributed by atoms with van der Waals surface area (Å²) in [5.41, 5.74) is 4.44. The van der Waals surface area contributed by atoms with Gasteiger partial charge in [0.1, 0.15) is 36.6 Å². The van der Waals surface area contributed by atoms with E-state index >= 15 is 0 Å². The molecule has 0 aliphatic carbocycles. The average Bonchev–Trinajstić information content (AvgIpc) is 2.88. The number of rotatable bonds is 9. The monoisotopic (exact) mass is 438 g/mol. The van der Waals surface area contributed by atoms with Crippen LogP contribution in [-0.2, 0) is 0 Å². The van der Waals surface area contributed by atoms with Gasteiger partial charge in [0, 0.05) is 0 Å². The van der Waals surface area contributed by atoms with Crippen molar-refractivity contribution in [2.24, 2.45) is 0 Å². The second-order valence-corrected chi connectivity index (χ2v) is 7.61. The minimum absolute atomic E-state index is 0.0283. The van der Waals surface area contributed by atoms with E-state index in [4.69, 9.17) is 9.47 Å². The van der Waals surface area contributed by atoms with Crippen LogP contribution in [-0.4, -0.2) is 29.5 Å². The summed E-state index contributed by atoms with van der Waals surface area (Å²) in [4.78, 5) is 0. The Bertz CT molecular complexity index is 1150. The van der Waals surface area contributed by atoms with E-state index in [0.717, 1.165) is 22.3 Å². The normalized spacial score (nSPS) is 12.2. The third kappa shape index (κ3) is 6.48. The summed E-state index contributed by atoms with van der Waals surface area (Å²) in [7, 11) is 0. The number of ether oxygens (including phenoxy) is 2. The van der Waals surface area contributed by atoms with Crippen LogP contribution in [0.1, 0.15) is 0 Å². The molecule has 33 heavy (non-hydrogen) atoms. The molecule has 0 saturated carbocycles. The first-order valence-electron chi connectivity index (χ1n) is 10.8. The largest absolute Gasteiger partial charge is 0.509 e. The number of aliphatic hydroxyl groups excluding tert-OH is 2. The van der Waals surface area contributed by atoms with Gasteiger partial charge in [-0.15, -0.1) is 0 Å². The topological polar surface area (TPSA) is 58.9 Å². The second kappa shape index (κ2) is 11.0. The van der Waals surface area contributed by atoms with Crippen LogP contribution in [0, 0.1) is 0 Å². The van der Waals surface area contributed by atoms with E-state index in [0.29, 0.717) is 11.5 Å². The minimum Gasteiger partial charge on any atom is -0.509 e. The molecule has 0 aliphatic heterocycles. The second-order valence-electron chi connectivity index (χ2n) is 7.61. The van der Waals surface area contributed by atoms with Crippen molar-refractivity contribution in [3.63, 3.8) is 0 Å². The molecule has 0 heterocycles. The summed E-state index contributed by atoms with van der Waals surface area (Å²) in [5.74, 6) is 1.23. The van der Waals surface area contributed by atoms with Crippen molar-refractivity contribution in [2.75, 3.05) is 13.2 Å². The predicted octanol–water partition coefficient (Wildman–Crippen LogP) is 6.28. The lowest BCUT2D eigenvalue weighted by atomic mass is 10.1. The van der Waals surface area contributed by atoms with Crippen molar-refractivity contribution in [1.29, 1.82) is 0 Å². The first-order valence-corrected chi connectivity index (χ1v) is 10.8. The molecule has 0 radical (unpaired) electrons. The van der Waals surface area contributed by atoms with E-state index in [2.05, 4.69) is 0 Å². The standard InChI is InChI=1S/C29H26O4/c30-26(20-32-28-15-11-24(12-16-28)22-7-3-1-4-8-22)19-27(31)21-33-29-17-13-25(14-18-29)23-9-5-2-6-10-23/h1-19,26,30-31H,20-21H2/b27-19-. The highest BCUT2D eigenvalue weighted by atomic mass is 16.5. The lowest BCUT2D eigenvalue weighted by molar-refractivity contribution is 0.139. The summed E-state index contributed by atoms with van der Waals surface area (Å²) < 4.78 is 11.2. The Morgan fingerprint density at radius 1 is 0.606 bits per heavy atom. The van der Waals surface area contributed by atoms with Gasteiger partial charge in [-0.25, -0.2) is 0 Å². The van der Waals surface area contributed by atoms with E-state index in [1.54, 1.807) is 0 Å². The van der Waals surface area contributed by atoms with Crippen LogP contribution in [0.15, 0.2) is 121 Å². The fraction of sp³-hybridized carbons (Fsp3) is 0.103. The molecule has 4 nitrogen and oxygen atoms in total. The van der Waals surface area contributed by atoms with Crippen LogP contribution >= 0.6 is 0 Å². The lowest BCUT2D eigenvalue weighted by Crippen LogP contribution is -2.16. The van der Waals surface area contributed by atoms with Crippen molar-refractivity contribution in [2.45, 2.75) is 6.10 Å². The zero-order chi connectivity index (χ0) is 22.9. The average molecular weight is 439 g/mol. The molecule has 0 fully saturated rings. The maximum absolute atomic E-state index is 10.2. The van der Waals surface area contributed by atoms with Gasteiger partial charge in [0.25, 0.3) is 0 Å². The Kier molecular flexibility index (Phi) is 7.41.